The normalized spacial score (nSPS) is 18.5. The summed E-state index contributed by atoms with van der Waals surface area (Å²) < 4.78 is 0. The minimum Gasteiger partial charge on any atom is -0.395 e. The Labute approximate surface area is 91.6 Å². The first-order chi connectivity index (χ1) is 7.15. The molecule has 0 spiro atoms. The second kappa shape index (κ2) is 6.08. The zero-order valence-corrected chi connectivity index (χ0v) is 9.70. The predicted octanol–water partition coefficient (Wildman–Crippen LogP) is 0.215. The van der Waals surface area contributed by atoms with E-state index in [1.165, 1.54) is 0 Å². The lowest BCUT2D eigenvalue weighted by molar-refractivity contribution is -0.129. The molecule has 0 aromatic heterocycles. The van der Waals surface area contributed by atoms with Gasteiger partial charge < -0.3 is 15.3 Å². The lowest BCUT2D eigenvalue weighted by atomic mass is 10.1. The van der Waals surface area contributed by atoms with E-state index in [2.05, 4.69) is 5.32 Å². The molecule has 4 nitrogen and oxygen atoms in total. The number of aliphatic hydroxyl groups is 1. The molecule has 1 aliphatic rings. The first-order valence-electron chi connectivity index (χ1n) is 5.77. The molecule has 0 aliphatic carbocycles. The molecule has 1 heterocycles. The lowest BCUT2D eigenvalue weighted by Gasteiger charge is -2.22. The maximum Gasteiger partial charge on any atom is 0.236 e. The van der Waals surface area contributed by atoms with Gasteiger partial charge in [-0.15, -0.1) is 0 Å². The minimum atomic E-state index is 0.0246. The molecule has 0 aromatic rings. The van der Waals surface area contributed by atoms with Crippen LogP contribution in [0.3, 0.4) is 0 Å². The van der Waals surface area contributed by atoms with Crippen molar-refractivity contribution in [2.45, 2.75) is 32.7 Å². The molecule has 1 rings (SSSR count). The zero-order chi connectivity index (χ0) is 11.3. The topological polar surface area (TPSA) is 52.6 Å². The van der Waals surface area contributed by atoms with Crippen LogP contribution in [0.25, 0.3) is 0 Å². The Hall–Kier alpha value is -0.610. The Morgan fingerprint density at radius 3 is 2.47 bits per heavy atom. The molecule has 1 amide bonds. The maximum absolute atomic E-state index is 11.7. The maximum atomic E-state index is 11.7. The summed E-state index contributed by atoms with van der Waals surface area (Å²) in [6, 6.07) is 0.0246. The second-order valence-electron chi connectivity index (χ2n) is 4.50. The highest BCUT2D eigenvalue weighted by molar-refractivity contribution is 5.78. The zero-order valence-electron chi connectivity index (χ0n) is 9.70. The van der Waals surface area contributed by atoms with E-state index in [-0.39, 0.29) is 18.6 Å². The van der Waals surface area contributed by atoms with Crippen molar-refractivity contribution in [1.29, 1.82) is 0 Å². The van der Waals surface area contributed by atoms with Crippen LogP contribution in [-0.4, -0.2) is 48.2 Å². The Morgan fingerprint density at radius 2 is 2.00 bits per heavy atom. The molecule has 1 atom stereocenters. The van der Waals surface area contributed by atoms with Gasteiger partial charge in [0.05, 0.1) is 13.2 Å². The molecule has 0 saturated carbocycles. The summed E-state index contributed by atoms with van der Waals surface area (Å²) in [5, 5.41) is 12.2. The number of hydrogen-bond donors (Lipinski definition) is 2. The van der Waals surface area contributed by atoms with Gasteiger partial charge >= 0.3 is 0 Å². The van der Waals surface area contributed by atoms with Gasteiger partial charge in [0.2, 0.25) is 5.91 Å². The van der Waals surface area contributed by atoms with Crippen molar-refractivity contribution in [2.24, 2.45) is 5.92 Å². The van der Waals surface area contributed by atoms with Crippen molar-refractivity contribution < 1.29 is 9.90 Å². The van der Waals surface area contributed by atoms with Crippen molar-refractivity contribution in [2.75, 3.05) is 26.2 Å². The van der Waals surface area contributed by atoms with Gasteiger partial charge in [-0.05, 0) is 18.8 Å². The standard InChI is InChI=1S/C11H22N2O2/c1-9(2)10(8-14)12-7-11(15)13-5-3-4-6-13/h9-10,12,14H,3-8H2,1-2H3. The summed E-state index contributed by atoms with van der Waals surface area (Å²) in [5.41, 5.74) is 0. The number of nitrogens with one attached hydrogen (secondary N) is 1. The fourth-order valence-electron chi connectivity index (χ4n) is 1.81. The van der Waals surface area contributed by atoms with E-state index in [4.69, 9.17) is 5.11 Å². The molecule has 4 heteroatoms. The molecule has 15 heavy (non-hydrogen) atoms. The van der Waals surface area contributed by atoms with Gasteiger partial charge in [-0.2, -0.15) is 0 Å². The molecule has 2 N–H and O–H groups in total. The molecule has 0 aromatic carbocycles. The fraction of sp³-hybridized carbons (Fsp3) is 0.909. The Morgan fingerprint density at radius 1 is 1.40 bits per heavy atom. The summed E-state index contributed by atoms with van der Waals surface area (Å²) in [6.07, 6.45) is 2.25. The van der Waals surface area contributed by atoms with Gasteiger partial charge in [0, 0.05) is 19.1 Å². The summed E-state index contributed by atoms with van der Waals surface area (Å²) in [6.45, 7) is 6.30. The number of carbonyl (C=O) groups excluding carboxylic acids is 1. The van der Waals surface area contributed by atoms with E-state index < -0.39 is 0 Å². The predicted molar refractivity (Wildman–Crippen MR) is 59.5 cm³/mol. The van der Waals surface area contributed by atoms with Crippen molar-refractivity contribution >= 4 is 5.91 Å². The van der Waals surface area contributed by atoms with Gasteiger partial charge in [-0.3, -0.25) is 4.79 Å². The van der Waals surface area contributed by atoms with Crippen molar-refractivity contribution in [3.63, 3.8) is 0 Å². The smallest absolute Gasteiger partial charge is 0.236 e. The Kier molecular flexibility index (Phi) is 5.05. The highest BCUT2D eigenvalue weighted by Crippen LogP contribution is 2.07. The summed E-state index contributed by atoms with van der Waals surface area (Å²) in [4.78, 5) is 13.6. The number of likely N-dealkylation sites (tertiary alicyclic amines) is 1. The molecule has 1 saturated heterocycles. The second-order valence-corrected chi connectivity index (χ2v) is 4.50. The van der Waals surface area contributed by atoms with Gasteiger partial charge in [-0.25, -0.2) is 0 Å². The summed E-state index contributed by atoms with van der Waals surface area (Å²) in [7, 11) is 0. The van der Waals surface area contributed by atoms with E-state index in [0.717, 1.165) is 25.9 Å². The molecule has 0 radical (unpaired) electrons. The third-order valence-corrected chi connectivity index (χ3v) is 2.98. The Balaban J connectivity index is 2.25. The van der Waals surface area contributed by atoms with Crippen LogP contribution < -0.4 is 5.32 Å². The number of rotatable bonds is 5. The number of hydrogen-bond acceptors (Lipinski definition) is 3. The van der Waals surface area contributed by atoms with E-state index in [1.54, 1.807) is 0 Å². The van der Waals surface area contributed by atoms with Crippen LogP contribution in [-0.2, 0) is 4.79 Å². The highest BCUT2D eigenvalue weighted by Gasteiger charge is 2.19. The SMILES string of the molecule is CC(C)C(CO)NCC(=O)N1CCCC1. The Bertz CT molecular complexity index is 201. The molecule has 1 fully saturated rings. The molecule has 88 valence electrons. The van der Waals surface area contributed by atoms with E-state index in [1.807, 2.05) is 18.7 Å². The first kappa shape index (κ1) is 12.5. The molecular weight excluding hydrogens is 192 g/mol. The van der Waals surface area contributed by atoms with Crippen LogP contribution in [0.1, 0.15) is 26.7 Å². The van der Waals surface area contributed by atoms with E-state index in [0.29, 0.717) is 12.5 Å². The summed E-state index contributed by atoms with van der Waals surface area (Å²) >= 11 is 0. The van der Waals surface area contributed by atoms with Gasteiger partial charge in [0.15, 0.2) is 0 Å². The van der Waals surface area contributed by atoms with Crippen LogP contribution >= 0.6 is 0 Å². The molecular formula is C11H22N2O2. The number of amides is 1. The van der Waals surface area contributed by atoms with Crippen molar-refractivity contribution in [3.05, 3.63) is 0 Å². The monoisotopic (exact) mass is 214 g/mol. The largest absolute Gasteiger partial charge is 0.395 e. The first-order valence-corrected chi connectivity index (χ1v) is 5.77. The summed E-state index contributed by atoms with van der Waals surface area (Å²) in [5.74, 6) is 0.507. The van der Waals surface area contributed by atoms with Gasteiger partial charge in [0.1, 0.15) is 0 Å². The third-order valence-electron chi connectivity index (χ3n) is 2.98. The highest BCUT2D eigenvalue weighted by atomic mass is 16.3. The molecule has 1 unspecified atom stereocenters. The van der Waals surface area contributed by atoms with Crippen LogP contribution in [0, 0.1) is 5.92 Å². The van der Waals surface area contributed by atoms with E-state index >= 15 is 0 Å². The molecule has 1 aliphatic heterocycles. The van der Waals surface area contributed by atoms with E-state index in [9.17, 15) is 4.79 Å². The average molecular weight is 214 g/mol. The quantitative estimate of drug-likeness (QED) is 0.688. The van der Waals surface area contributed by atoms with Gasteiger partial charge in [-0.1, -0.05) is 13.8 Å². The van der Waals surface area contributed by atoms with Crippen LogP contribution in [0.2, 0.25) is 0 Å². The van der Waals surface area contributed by atoms with Crippen molar-refractivity contribution in [1.82, 2.24) is 10.2 Å². The minimum absolute atomic E-state index is 0.0246. The van der Waals surface area contributed by atoms with Crippen LogP contribution in [0.5, 0.6) is 0 Å². The van der Waals surface area contributed by atoms with Gasteiger partial charge in [0.25, 0.3) is 0 Å². The number of carbonyl (C=O) groups is 1. The van der Waals surface area contributed by atoms with Crippen molar-refractivity contribution in [3.8, 4) is 0 Å². The molecule has 0 bridgehead atoms. The lowest BCUT2D eigenvalue weighted by Crippen LogP contribution is -2.44. The fourth-order valence-corrected chi connectivity index (χ4v) is 1.81. The van der Waals surface area contributed by atoms with Crippen LogP contribution in [0.4, 0.5) is 0 Å². The van der Waals surface area contributed by atoms with Crippen LogP contribution in [0.15, 0.2) is 0 Å². The third kappa shape index (κ3) is 3.80. The number of aliphatic hydroxyl groups excluding tert-OH is 1. The number of nitrogens with zero attached hydrogens (tertiary/aromatic N) is 1. The average Bonchev–Trinajstić information content (AvgIpc) is 2.70.